The van der Waals surface area contributed by atoms with Gasteiger partial charge in [-0.1, -0.05) is 23.2 Å². The van der Waals surface area contributed by atoms with Crippen LogP contribution in [0.5, 0.6) is 5.75 Å². The van der Waals surface area contributed by atoms with E-state index >= 15 is 0 Å². The first-order valence-corrected chi connectivity index (χ1v) is 12.4. The molecule has 1 fully saturated rings. The van der Waals surface area contributed by atoms with E-state index < -0.39 is 17.7 Å². The van der Waals surface area contributed by atoms with Crippen LogP contribution in [0.4, 0.5) is 30.8 Å². The smallest absolute Gasteiger partial charge is 0.339 e. The molecule has 2 heterocycles. The molecule has 5 rings (SSSR count). The summed E-state index contributed by atoms with van der Waals surface area (Å²) in [6, 6.07) is 10.6. The lowest BCUT2D eigenvalue weighted by Crippen LogP contribution is -2.25. The van der Waals surface area contributed by atoms with Gasteiger partial charge in [-0.3, -0.25) is 0 Å². The molecular formula is C26H20Cl2F2N6O3. The van der Waals surface area contributed by atoms with Crippen LogP contribution in [0.15, 0.2) is 60.0 Å². The second kappa shape index (κ2) is 11.8. The fourth-order valence-corrected chi connectivity index (χ4v) is 4.19. The van der Waals surface area contributed by atoms with E-state index in [-0.39, 0.29) is 16.1 Å². The number of fused-ring (bicyclic) bond motifs is 1. The zero-order chi connectivity index (χ0) is 27.4. The Kier molecular flexibility index (Phi) is 8.01. The highest BCUT2D eigenvalue weighted by Gasteiger charge is 2.21. The maximum Gasteiger partial charge on any atom is 0.339 e. The van der Waals surface area contributed by atoms with Crippen molar-refractivity contribution in [3.63, 3.8) is 0 Å². The number of nitrogens with one attached hydrogen (secondary N) is 3. The number of hydrogen-bond donors (Lipinski definition) is 3. The van der Waals surface area contributed by atoms with Gasteiger partial charge in [-0.25, -0.2) is 29.0 Å². The third-order valence-corrected chi connectivity index (χ3v) is 6.30. The van der Waals surface area contributed by atoms with Gasteiger partial charge in [0.25, 0.3) is 0 Å². The first kappa shape index (κ1) is 26.5. The molecular weight excluding hydrogens is 553 g/mol. The van der Waals surface area contributed by atoms with E-state index in [1.807, 2.05) is 0 Å². The Morgan fingerprint density at radius 3 is 2.74 bits per heavy atom. The van der Waals surface area contributed by atoms with E-state index in [1.54, 1.807) is 12.1 Å². The minimum atomic E-state index is -0.673. The molecule has 39 heavy (non-hydrogen) atoms. The Hall–Kier alpha value is -4.06. The number of anilines is 3. The molecule has 13 heteroatoms. The molecule has 2 amide bonds. The molecule has 9 nitrogen and oxygen atoms in total. The van der Waals surface area contributed by atoms with Crippen LogP contribution in [-0.2, 0) is 4.74 Å². The average Bonchev–Trinajstić information content (AvgIpc) is 3.41. The molecule has 200 valence electrons. The molecule has 3 N–H and O–H groups in total. The second-order valence-electron chi connectivity index (χ2n) is 8.44. The minimum absolute atomic E-state index is 0.0469. The SMILES string of the molecule is O=C(N/N=C/c1ccc(F)cc1Cl)Nc1cc2c(Nc3ccc(F)c(Cl)c3)ncnc2cc1O[C@H]1CCOC1. The monoisotopic (exact) mass is 572 g/mol. The largest absolute Gasteiger partial charge is 0.486 e. The first-order valence-electron chi connectivity index (χ1n) is 11.7. The van der Waals surface area contributed by atoms with E-state index in [0.29, 0.717) is 59.0 Å². The van der Waals surface area contributed by atoms with Crippen LogP contribution in [0, 0.1) is 11.6 Å². The standard InChI is InChI=1S/C26H20Cl2F2N6O3/c27-19-7-15(29)2-1-14(19)11-33-36-26(37)35-23-9-18-22(10-24(23)39-17-5-6-38-12-17)31-13-32-25(18)34-16-3-4-21(30)20(28)8-16/h1-4,7-11,13,17H,5-6,12H2,(H,31,32,34)(H2,35,36,37)/b33-11+/t17-/m0/s1. The molecule has 4 aromatic rings. The van der Waals surface area contributed by atoms with Crippen LogP contribution in [0.2, 0.25) is 10.0 Å². The molecule has 0 unspecified atom stereocenters. The molecule has 0 saturated carbocycles. The van der Waals surface area contributed by atoms with E-state index in [0.717, 1.165) is 6.07 Å². The Morgan fingerprint density at radius 1 is 1.10 bits per heavy atom. The van der Waals surface area contributed by atoms with Gasteiger partial charge < -0.3 is 20.1 Å². The number of hydrogen-bond acceptors (Lipinski definition) is 7. The number of ether oxygens (including phenoxy) is 2. The predicted octanol–water partition coefficient (Wildman–Crippen LogP) is 6.28. The third kappa shape index (κ3) is 6.51. The average molecular weight is 573 g/mol. The number of carbonyl (C=O) groups excluding carboxylic acids is 1. The lowest BCUT2D eigenvalue weighted by Gasteiger charge is -2.18. The molecule has 1 aliphatic heterocycles. The number of benzene rings is 3. The summed E-state index contributed by atoms with van der Waals surface area (Å²) in [7, 11) is 0. The highest BCUT2D eigenvalue weighted by Crippen LogP contribution is 2.35. The molecule has 1 aliphatic rings. The summed E-state index contributed by atoms with van der Waals surface area (Å²) >= 11 is 11.9. The van der Waals surface area contributed by atoms with Crippen LogP contribution in [-0.4, -0.2) is 41.5 Å². The second-order valence-corrected chi connectivity index (χ2v) is 9.25. The lowest BCUT2D eigenvalue weighted by atomic mass is 10.1. The van der Waals surface area contributed by atoms with Crippen molar-refractivity contribution in [3.8, 4) is 5.75 Å². The van der Waals surface area contributed by atoms with Gasteiger partial charge in [-0.2, -0.15) is 5.10 Å². The van der Waals surface area contributed by atoms with Crippen LogP contribution >= 0.6 is 23.2 Å². The number of nitrogens with zero attached hydrogens (tertiary/aromatic N) is 3. The van der Waals surface area contributed by atoms with Crippen molar-refractivity contribution in [1.82, 2.24) is 15.4 Å². The number of carbonyl (C=O) groups is 1. The van der Waals surface area contributed by atoms with Gasteiger partial charge in [-0.15, -0.1) is 0 Å². The Bertz CT molecular complexity index is 1570. The molecule has 1 atom stereocenters. The maximum absolute atomic E-state index is 13.6. The van der Waals surface area contributed by atoms with Gasteiger partial charge in [0.2, 0.25) is 0 Å². The zero-order valence-electron chi connectivity index (χ0n) is 20.1. The highest BCUT2D eigenvalue weighted by molar-refractivity contribution is 6.33. The van der Waals surface area contributed by atoms with Gasteiger partial charge in [0.15, 0.2) is 0 Å². The summed E-state index contributed by atoms with van der Waals surface area (Å²) in [5.41, 5.74) is 4.12. The summed E-state index contributed by atoms with van der Waals surface area (Å²) in [6.07, 6.45) is 3.14. The normalized spacial score (nSPS) is 15.0. The first-order chi connectivity index (χ1) is 18.9. The van der Waals surface area contributed by atoms with Crippen LogP contribution in [0.1, 0.15) is 12.0 Å². The quantitative estimate of drug-likeness (QED) is 0.177. The van der Waals surface area contributed by atoms with Gasteiger partial charge >= 0.3 is 6.03 Å². The summed E-state index contributed by atoms with van der Waals surface area (Å²) < 4.78 is 38.4. The summed E-state index contributed by atoms with van der Waals surface area (Å²) in [4.78, 5) is 21.3. The maximum atomic E-state index is 13.6. The van der Waals surface area contributed by atoms with Crippen LogP contribution in [0.3, 0.4) is 0 Å². The van der Waals surface area contributed by atoms with Crippen LogP contribution in [0.25, 0.3) is 10.9 Å². The number of urea groups is 1. The van der Waals surface area contributed by atoms with Crippen molar-refractivity contribution in [2.24, 2.45) is 5.10 Å². The lowest BCUT2D eigenvalue weighted by molar-refractivity contribution is 0.142. The zero-order valence-corrected chi connectivity index (χ0v) is 21.6. The van der Waals surface area contributed by atoms with E-state index in [1.165, 1.54) is 42.9 Å². The van der Waals surface area contributed by atoms with Gasteiger partial charge in [-0.05, 0) is 42.5 Å². The van der Waals surface area contributed by atoms with Crippen molar-refractivity contribution in [3.05, 3.63) is 82.1 Å². The number of amides is 2. The van der Waals surface area contributed by atoms with E-state index in [9.17, 15) is 13.6 Å². The van der Waals surface area contributed by atoms with Crippen molar-refractivity contribution in [2.45, 2.75) is 12.5 Å². The molecule has 0 spiro atoms. The van der Waals surface area contributed by atoms with Crippen molar-refractivity contribution < 1.29 is 23.0 Å². The molecule has 0 radical (unpaired) electrons. The topological polar surface area (TPSA) is 110 Å². The fourth-order valence-electron chi connectivity index (χ4n) is 3.79. The van der Waals surface area contributed by atoms with Crippen molar-refractivity contribution >= 4 is 63.5 Å². The van der Waals surface area contributed by atoms with Gasteiger partial charge in [0.05, 0.1) is 40.7 Å². The molecule has 0 bridgehead atoms. The Balaban J connectivity index is 1.42. The molecule has 0 aliphatic carbocycles. The summed E-state index contributed by atoms with van der Waals surface area (Å²) in [5, 5.41) is 10.3. The molecule has 3 aromatic carbocycles. The molecule has 1 aromatic heterocycles. The van der Waals surface area contributed by atoms with Gasteiger partial charge in [0.1, 0.15) is 35.6 Å². The Labute approximate surface area is 231 Å². The highest BCUT2D eigenvalue weighted by atomic mass is 35.5. The number of hydrazone groups is 1. The van der Waals surface area contributed by atoms with Crippen molar-refractivity contribution in [1.29, 1.82) is 0 Å². The summed E-state index contributed by atoms with van der Waals surface area (Å²) in [6.45, 7) is 0.979. The van der Waals surface area contributed by atoms with E-state index in [4.69, 9.17) is 32.7 Å². The van der Waals surface area contributed by atoms with E-state index in [2.05, 4.69) is 31.1 Å². The Morgan fingerprint density at radius 2 is 1.97 bits per heavy atom. The van der Waals surface area contributed by atoms with Gasteiger partial charge in [0, 0.05) is 29.1 Å². The number of halogens is 4. The van der Waals surface area contributed by atoms with Crippen LogP contribution < -0.4 is 20.8 Å². The molecule has 1 saturated heterocycles. The third-order valence-electron chi connectivity index (χ3n) is 5.68. The predicted molar refractivity (Wildman–Crippen MR) is 145 cm³/mol. The number of rotatable bonds is 7. The van der Waals surface area contributed by atoms with Crippen molar-refractivity contribution in [2.75, 3.05) is 23.8 Å². The summed E-state index contributed by atoms with van der Waals surface area (Å²) in [5.74, 6) is -0.270. The number of aromatic nitrogens is 2. The fraction of sp³-hybridized carbons (Fsp3) is 0.154. The minimum Gasteiger partial charge on any atom is -0.486 e.